The summed E-state index contributed by atoms with van der Waals surface area (Å²) in [6.07, 6.45) is -4.93. The molecule has 0 saturated heterocycles. The number of alkyl halides is 3. The molecule has 0 unspecified atom stereocenters. The fourth-order valence-corrected chi connectivity index (χ4v) is 0.931. The number of hydrogen-bond acceptors (Lipinski definition) is 4. The molecule has 1 heterocycles. The lowest BCUT2D eigenvalue weighted by atomic mass is 10.3. The molecule has 0 aliphatic carbocycles. The van der Waals surface area contributed by atoms with Crippen molar-refractivity contribution >= 4 is 17.3 Å². The van der Waals surface area contributed by atoms with Crippen LogP contribution < -0.4 is 10.5 Å². The lowest BCUT2D eigenvalue weighted by Crippen LogP contribution is -2.19. The molecule has 0 amide bonds. The number of ether oxygens (including phenoxy) is 1. The summed E-state index contributed by atoms with van der Waals surface area (Å²) in [7, 11) is 0. The molecule has 0 fully saturated rings. The molecule has 0 aliphatic rings. The molecule has 1 aromatic heterocycles. The normalized spacial score (nSPS) is 10.9. The van der Waals surface area contributed by atoms with Crippen LogP contribution in [0.1, 0.15) is 5.69 Å². The highest BCUT2D eigenvalue weighted by Crippen LogP contribution is 2.31. The Kier molecular flexibility index (Phi) is 2.90. The summed E-state index contributed by atoms with van der Waals surface area (Å²) in [5, 5.41) is 8.21. The highest BCUT2D eigenvalue weighted by molar-refractivity contribution is 6.33. The number of nitriles is 1. The van der Waals surface area contributed by atoms with E-state index in [2.05, 4.69) is 9.72 Å². The second-order valence-corrected chi connectivity index (χ2v) is 2.77. The molecule has 1 aromatic rings. The Bertz CT molecular complexity index is 427. The molecule has 8 heteroatoms. The van der Waals surface area contributed by atoms with Gasteiger partial charge in [0.2, 0.25) is 5.88 Å². The smallest absolute Gasteiger partial charge is 0.393 e. The molecule has 0 spiro atoms. The summed E-state index contributed by atoms with van der Waals surface area (Å²) in [5.41, 5.74) is 4.41. The number of pyridine rings is 1. The van der Waals surface area contributed by atoms with Crippen LogP contribution in [-0.2, 0) is 0 Å². The summed E-state index contributed by atoms with van der Waals surface area (Å²) < 4.78 is 39.0. The van der Waals surface area contributed by atoms with Gasteiger partial charge in [0.05, 0.1) is 5.02 Å². The minimum atomic E-state index is -4.93. The molecule has 0 atom stereocenters. The number of anilines is 1. The van der Waals surface area contributed by atoms with Crippen molar-refractivity contribution in [3.05, 3.63) is 16.8 Å². The maximum atomic E-state index is 11.8. The van der Waals surface area contributed by atoms with Crippen LogP contribution in [0, 0.1) is 11.3 Å². The summed E-state index contributed by atoms with van der Waals surface area (Å²) in [6.45, 7) is 0. The number of halogens is 4. The highest BCUT2D eigenvalue weighted by Gasteiger charge is 2.33. The molecular weight excluding hydrogens is 235 g/mol. The third-order valence-corrected chi connectivity index (χ3v) is 1.61. The van der Waals surface area contributed by atoms with Gasteiger partial charge in [-0.25, -0.2) is 4.98 Å². The van der Waals surface area contributed by atoms with Gasteiger partial charge in [0.1, 0.15) is 17.5 Å². The lowest BCUT2D eigenvalue weighted by Gasteiger charge is -2.10. The molecule has 0 aliphatic heterocycles. The van der Waals surface area contributed by atoms with Crippen LogP contribution in [0.5, 0.6) is 5.88 Å². The van der Waals surface area contributed by atoms with Crippen LogP contribution in [0.2, 0.25) is 5.02 Å². The second-order valence-electron chi connectivity index (χ2n) is 2.37. The second kappa shape index (κ2) is 3.82. The Morgan fingerprint density at radius 2 is 2.13 bits per heavy atom. The van der Waals surface area contributed by atoms with Gasteiger partial charge in [-0.15, -0.1) is 13.2 Å². The summed E-state index contributed by atoms with van der Waals surface area (Å²) in [6, 6.07) is 2.56. The van der Waals surface area contributed by atoms with Crippen LogP contribution in [-0.4, -0.2) is 11.3 Å². The Balaban J connectivity index is 3.18. The maximum absolute atomic E-state index is 11.8. The fraction of sp³-hybridized carbons (Fsp3) is 0.143. The van der Waals surface area contributed by atoms with Gasteiger partial charge in [-0.3, -0.25) is 0 Å². The van der Waals surface area contributed by atoms with Crippen LogP contribution in [0.3, 0.4) is 0 Å². The standard InChI is InChI=1S/C7H3ClF3N3O/c8-4-1-3(2-12)14-6(5(4)13)15-7(9,10)11/h1H,13H2. The highest BCUT2D eigenvalue weighted by atomic mass is 35.5. The van der Waals surface area contributed by atoms with Crippen molar-refractivity contribution in [3.63, 3.8) is 0 Å². The Hall–Kier alpha value is -1.68. The van der Waals surface area contributed by atoms with E-state index >= 15 is 0 Å². The zero-order chi connectivity index (χ0) is 11.6. The van der Waals surface area contributed by atoms with E-state index in [0.29, 0.717) is 0 Å². The van der Waals surface area contributed by atoms with Gasteiger partial charge in [0.25, 0.3) is 0 Å². The first-order chi connectivity index (χ1) is 6.83. The van der Waals surface area contributed by atoms with E-state index in [1.165, 1.54) is 6.07 Å². The predicted molar refractivity (Wildman–Crippen MR) is 45.1 cm³/mol. The van der Waals surface area contributed by atoms with Gasteiger partial charge in [0.15, 0.2) is 0 Å². The van der Waals surface area contributed by atoms with Crippen molar-refractivity contribution in [1.82, 2.24) is 4.98 Å². The number of hydrogen-bond donors (Lipinski definition) is 1. The number of rotatable bonds is 1. The zero-order valence-electron chi connectivity index (χ0n) is 6.97. The molecule has 1 rings (SSSR count). The van der Waals surface area contributed by atoms with E-state index in [1.807, 2.05) is 0 Å². The van der Waals surface area contributed by atoms with E-state index in [4.69, 9.17) is 22.6 Å². The maximum Gasteiger partial charge on any atom is 0.574 e. The van der Waals surface area contributed by atoms with E-state index < -0.39 is 17.9 Å². The van der Waals surface area contributed by atoms with Gasteiger partial charge in [-0.2, -0.15) is 5.26 Å². The SMILES string of the molecule is N#Cc1cc(Cl)c(N)c(OC(F)(F)F)n1. The minimum absolute atomic E-state index is 0.221. The molecule has 15 heavy (non-hydrogen) atoms. The topological polar surface area (TPSA) is 71.9 Å². The van der Waals surface area contributed by atoms with E-state index in [1.54, 1.807) is 0 Å². The van der Waals surface area contributed by atoms with Gasteiger partial charge >= 0.3 is 6.36 Å². The van der Waals surface area contributed by atoms with Gasteiger partial charge in [-0.05, 0) is 6.07 Å². The average Bonchev–Trinajstić information content (AvgIpc) is 2.10. The third kappa shape index (κ3) is 2.89. The fourth-order valence-electron chi connectivity index (χ4n) is 0.747. The van der Waals surface area contributed by atoms with Gasteiger partial charge in [0, 0.05) is 0 Å². The van der Waals surface area contributed by atoms with Crippen LogP contribution in [0.25, 0.3) is 0 Å². The van der Waals surface area contributed by atoms with Crippen molar-refractivity contribution in [2.45, 2.75) is 6.36 Å². The van der Waals surface area contributed by atoms with Crippen LogP contribution in [0.4, 0.5) is 18.9 Å². The van der Waals surface area contributed by atoms with E-state index in [-0.39, 0.29) is 10.7 Å². The predicted octanol–water partition coefficient (Wildman–Crippen LogP) is 2.09. The monoisotopic (exact) mass is 237 g/mol. The van der Waals surface area contributed by atoms with Gasteiger partial charge in [-0.1, -0.05) is 11.6 Å². The molecule has 0 bridgehead atoms. The summed E-state index contributed by atoms with van der Waals surface area (Å²) >= 11 is 5.46. The lowest BCUT2D eigenvalue weighted by molar-refractivity contribution is -0.275. The van der Waals surface area contributed by atoms with Crippen molar-refractivity contribution in [2.24, 2.45) is 0 Å². The largest absolute Gasteiger partial charge is 0.574 e. The number of aromatic nitrogens is 1. The zero-order valence-corrected chi connectivity index (χ0v) is 7.73. The first-order valence-electron chi connectivity index (χ1n) is 3.45. The Morgan fingerprint density at radius 1 is 1.53 bits per heavy atom. The van der Waals surface area contributed by atoms with Crippen molar-refractivity contribution < 1.29 is 17.9 Å². The summed E-state index contributed by atoms with van der Waals surface area (Å²) in [5.74, 6) is -0.924. The quantitative estimate of drug-likeness (QED) is 0.812. The molecule has 0 saturated carbocycles. The molecule has 2 N–H and O–H groups in total. The Labute approximate surface area is 87.0 Å². The van der Waals surface area contributed by atoms with Crippen LogP contribution >= 0.6 is 11.6 Å². The molecule has 80 valence electrons. The summed E-state index contributed by atoms with van der Waals surface area (Å²) in [4.78, 5) is 3.22. The molecule has 4 nitrogen and oxygen atoms in total. The molecular formula is C7H3ClF3N3O. The first-order valence-corrected chi connectivity index (χ1v) is 3.83. The molecule has 0 radical (unpaired) electrons. The van der Waals surface area contributed by atoms with E-state index in [0.717, 1.165) is 6.07 Å². The van der Waals surface area contributed by atoms with Gasteiger partial charge < -0.3 is 10.5 Å². The van der Waals surface area contributed by atoms with E-state index in [9.17, 15) is 13.2 Å². The number of nitrogens with two attached hydrogens (primary N) is 1. The number of nitrogens with zero attached hydrogens (tertiary/aromatic N) is 2. The Morgan fingerprint density at radius 3 is 2.60 bits per heavy atom. The minimum Gasteiger partial charge on any atom is -0.393 e. The van der Waals surface area contributed by atoms with Crippen molar-refractivity contribution in [1.29, 1.82) is 5.26 Å². The molecule has 0 aromatic carbocycles. The first kappa shape index (κ1) is 11.4. The van der Waals surface area contributed by atoms with Crippen molar-refractivity contribution in [2.75, 3.05) is 5.73 Å². The van der Waals surface area contributed by atoms with Crippen molar-refractivity contribution in [3.8, 4) is 11.9 Å². The third-order valence-electron chi connectivity index (χ3n) is 1.30. The number of nitrogen functional groups attached to an aromatic ring is 1. The average molecular weight is 238 g/mol. The van der Waals surface area contributed by atoms with Crippen LogP contribution in [0.15, 0.2) is 6.07 Å².